The normalized spacial score (nSPS) is 11.7. The highest BCUT2D eigenvalue weighted by molar-refractivity contribution is 7.98. The molecule has 0 aliphatic heterocycles. The van der Waals surface area contributed by atoms with Crippen molar-refractivity contribution in [3.05, 3.63) is 89.5 Å². The molecule has 0 saturated heterocycles. The van der Waals surface area contributed by atoms with E-state index in [0.29, 0.717) is 22.6 Å². The number of methoxy groups -OCH3 is 1. The minimum Gasteiger partial charge on any atom is -0.497 e. The molecule has 196 valence electrons. The van der Waals surface area contributed by atoms with Crippen LogP contribution < -0.4 is 20.9 Å². The first-order valence-electron chi connectivity index (χ1n) is 12.1. The van der Waals surface area contributed by atoms with Crippen LogP contribution in [0.5, 0.6) is 5.75 Å². The fourth-order valence-electron chi connectivity index (χ4n) is 3.67. The Morgan fingerprint density at radius 1 is 0.895 bits per heavy atom. The maximum atomic E-state index is 12.8. The predicted molar refractivity (Wildman–Crippen MR) is 147 cm³/mol. The summed E-state index contributed by atoms with van der Waals surface area (Å²) in [7, 11) is 1.54. The molecule has 38 heavy (non-hydrogen) atoms. The van der Waals surface area contributed by atoms with E-state index in [1.165, 1.54) is 0 Å². The van der Waals surface area contributed by atoms with Gasteiger partial charge in [-0.1, -0.05) is 49.9 Å². The number of nitrogens with zero attached hydrogens (tertiary/aromatic N) is 1. The van der Waals surface area contributed by atoms with E-state index in [1.807, 2.05) is 50.2 Å². The summed E-state index contributed by atoms with van der Waals surface area (Å²) in [4.78, 5) is 45.8. The number of H-pyrrole nitrogens is 1. The molecule has 1 aromatic heterocycles. The van der Waals surface area contributed by atoms with Gasteiger partial charge in [0.05, 0.1) is 18.1 Å². The number of fused-ring (bicyclic) bond motifs is 1. The minimum atomic E-state index is -0.845. The number of aromatic nitrogens is 2. The van der Waals surface area contributed by atoms with Gasteiger partial charge in [-0.05, 0) is 60.0 Å². The molecule has 4 N–H and O–H groups in total. The molecule has 4 rings (SSSR count). The largest absolute Gasteiger partial charge is 0.497 e. The maximum Gasteiger partial charge on any atom is 0.269 e. The van der Waals surface area contributed by atoms with Crippen molar-refractivity contribution in [1.29, 1.82) is 0 Å². The molecule has 0 aliphatic rings. The molecule has 0 spiro atoms. The number of hydrogen-bond acceptors (Lipinski definition) is 6. The van der Waals surface area contributed by atoms with E-state index >= 15 is 0 Å². The van der Waals surface area contributed by atoms with Crippen LogP contribution in [-0.2, 0) is 10.5 Å². The van der Waals surface area contributed by atoms with Crippen molar-refractivity contribution in [3.63, 3.8) is 0 Å². The molecular formula is C28H29N5O4S. The van der Waals surface area contributed by atoms with Crippen LogP contribution in [0.4, 0.5) is 0 Å². The Balaban J connectivity index is 1.28. The predicted octanol–water partition coefficient (Wildman–Crippen LogP) is 4.08. The summed E-state index contributed by atoms with van der Waals surface area (Å²) in [6, 6.07) is 20.7. The number of ether oxygens (including phenoxy) is 1. The quantitative estimate of drug-likeness (QED) is 0.191. The van der Waals surface area contributed by atoms with E-state index in [-0.39, 0.29) is 5.92 Å². The van der Waals surface area contributed by atoms with Crippen molar-refractivity contribution in [2.45, 2.75) is 30.8 Å². The van der Waals surface area contributed by atoms with Gasteiger partial charge >= 0.3 is 0 Å². The van der Waals surface area contributed by atoms with Crippen LogP contribution in [0.3, 0.4) is 0 Å². The molecule has 1 atom stereocenters. The van der Waals surface area contributed by atoms with E-state index in [0.717, 1.165) is 21.8 Å². The molecular weight excluding hydrogens is 502 g/mol. The number of amides is 3. The van der Waals surface area contributed by atoms with Crippen molar-refractivity contribution in [3.8, 4) is 5.75 Å². The molecule has 3 amide bonds. The number of thioether (sulfide) groups is 1. The lowest BCUT2D eigenvalue weighted by atomic mass is 10.0. The minimum absolute atomic E-state index is 0.211. The molecule has 0 fully saturated rings. The lowest BCUT2D eigenvalue weighted by Crippen LogP contribution is -2.54. The molecule has 0 aliphatic carbocycles. The smallest absolute Gasteiger partial charge is 0.269 e. The molecule has 9 nitrogen and oxygen atoms in total. The second-order valence-corrected chi connectivity index (χ2v) is 9.88. The van der Waals surface area contributed by atoms with E-state index in [4.69, 9.17) is 4.74 Å². The van der Waals surface area contributed by atoms with Crippen LogP contribution in [0.15, 0.2) is 78.0 Å². The Labute approximate surface area is 224 Å². The highest BCUT2D eigenvalue weighted by Gasteiger charge is 2.25. The van der Waals surface area contributed by atoms with Crippen molar-refractivity contribution in [2.24, 2.45) is 5.92 Å². The highest BCUT2D eigenvalue weighted by Crippen LogP contribution is 2.23. The maximum absolute atomic E-state index is 12.8. The molecule has 1 unspecified atom stereocenters. The number of imidazole rings is 1. The van der Waals surface area contributed by atoms with E-state index in [9.17, 15) is 14.4 Å². The average molecular weight is 532 g/mol. The molecule has 3 aromatic carbocycles. The standard InChI is InChI=1S/C28H29N5O4S/c1-17(2)24(31-25(34)19-12-14-21(37-3)15-13-19)27(36)33-32-26(35)20-10-8-18(9-11-20)16-38-28-29-22-6-4-5-7-23(22)30-28/h4-15,17,24H,16H2,1-3H3,(H,29,30)(H,31,34)(H,32,35)(H,33,36). The average Bonchev–Trinajstić information content (AvgIpc) is 3.36. The van der Waals surface area contributed by atoms with Gasteiger partial charge in [-0.3, -0.25) is 25.2 Å². The zero-order chi connectivity index (χ0) is 27.1. The van der Waals surface area contributed by atoms with Crippen molar-refractivity contribution < 1.29 is 19.1 Å². The summed E-state index contributed by atoms with van der Waals surface area (Å²) in [5.41, 5.74) is 8.57. The monoisotopic (exact) mass is 531 g/mol. The highest BCUT2D eigenvalue weighted by atomic mass is 32.2. The summed E-state index contributed by atoms with van der Waals surface area (Å²) in [5.74, 6) is -0.280. The molecule has 1 heterocycles. The topological polar surface area (TPSA) is 125 Å². The third-order valence-corrected chi connectivity index (χ3v) is 6.79. The molecule has 4 aromatic rings. The number of para-hydroxylation sites is 2. The van der Waals surface area contributed by atoms with Crippen LogP contribution in [0.2, 0.25) is 0 Å². The number of hydrogen-bond donors (Lipinski definition) is 4. The van der Waals surface area contributed by atoms with Gasteiger partial charge in [0.1, 0.15) is 11.8 Å². The summed E-state index contributed by atoms with van der Waals surface area (Å²) < 4.78 is 5.10. The van der Waals surface area contributed by atoms with Crippen LogP contribution in [0.25, 0.3) is 11.0 Å². The van der Waals surface area contributed by atoms with Crippen molar-refractivity contribution in [2.75, 3.05) is 7.11 Å². The number of nitrogens with one attached hydrogen (secondary N) is 4. The Kier molecular flexibility index (Phi) is 8.65. The number of hydrazine groups is 1. The van der Waals surface area contributed by atoms with E-state index in [2.05, 4.69) is 26.1 Å². The molecule has 0 saturated carbocycles. The SMILES string of the molecule is COc1ccc(C(=O)NC(C(=O)NNC(=O)c2ccc(CSc3nc4ccccc4[nH]3)cc2)C(C)C)cc1. The summed E-state index contributed by atoms with van der Waals surface area (Å²) >= 11 is 1.57. The Morgan fingerprint density at radius 2 is 1.55 bits per heavy atom. The molecule has 10 heteroatoms. The van der Waals surface area contributed by atoms with Crippen molar-refractivity contribution in [1.82, 2.24) is 26.1 Å². The zero-order valence-electron chi connectivity index (χ0n) is 21.3. The second kappa shape index (κ2) is 12.3. The van der Waals surface area contributed by atoms with Crippen LogP contribution >= 0.6 is 11.8 Å². The second-order valence-electron chi connectivity index (χ2n) is 8.91. The van der Waals surface area contributed by atoms with Gasteiger partial charge in [-0.2, -0.15) is 0 Å². The van der Waals surface area contributed by atoms with E-state index < -0.39 is 23.8 Å². The number of carbonyl (C=O) groups excluding carboxylic acids is 3. The first kappa shape index (κ1) is 26.7. The van der Waals surface area contributed by atoms with E-state index in [1.54, 1.807) is 55.3 Å². The summed E-state index contributed by atoms with van der Waals surface area (Å²) in [5, 5.41) is 3.55. The molecule has 0 bridgehead atoms. The number of benzene rings is 3. The van der Waals surface area contributed by atoms with Crippen LogP contribution in [-0.4, -0.2) is 40.8 Å². The summed E-state index contributed by atoms with van der Waals surface area (Å²) in [6.45, 7) is 3.62. The zero-order valence-corrected chi connectivity index (χ0v) is 22.1. The van der Waals surface area contributed by atoms with Gasteiger partial charge in [0.25, 0.3) is 17.7 Å². The fourth-order valence-corrected chi connectivity index (χ4v) is 4.51. The first-order chi connectivity index (χ1) is 18.3. The third kappa shape index (κ3) is 6.71. The lowest BCUT2D eigenvalue weighted by molar-refractivity contribution is -0.124. The lowest BCUT2D eigenvalue weighted by Gasteiger charge is -2.22. The number of aromatic amines is 1. The Morgan fingerprint density at radius 3 is 2.21 bits per heavy atom. The van der Waals surface area contributed by atoms with Gasteiger partial charge in [0, 0.05) is 16.9 Å². The van der Waals surface area contributed by atoms with Gasteiger partial charge in [0.2, 0.25) is 0 Å². The van der Waals surface area contributed by atoms with Gasteiger partial charge < -0.3 is 15.0 Å². The third-order valence-electron chi connectivity index (χ3n) is 5.85. The number of rotatable bonds is 9. The van der Waals surface area contributed by atoms with Gasteiger partial charge in [-0.25, -0.2) is 4.98 Å². The van der Waals surface area contributed by atoms with Gasteiger partial charge in [-0.15, -0.1) is 0 Å². The summed E-state index contributed by atoms with van der Waals surface area (Å²) in [6.07, 6.45) is 0. The Bertz CT molecular complexity index is 1380. The van der Waals surface area contributed by atoms with Crippen LogP contribution in [0.1, 0.15) is 40.1 Å². The first-order valence-corrected chi connectivity index (χ1v) is 13.0. The van der Waals surface area contributed by atoms with Gasteiger partial charge in [0.15, 0.2) is 5.16 Å². The fraction of sp³-hybridized carbons (Fsp3) is 0.214. The number of carbonyl (C=O) groups is 3. The van der Waals surface area contributed by atoms with Crippen molar-refractivity contribution >= 4 is 40.5 Å². The Hall–Kier alpha value is -4.31. The van der Waals surface area contributed by atoms with Crippen LogP contribution in [0, 0.1) is 5.92 Å². The molecule has 0 radical (unpaired) electrons.